The van der Waals surface area contributed by atoms with Crippen LogP contribution in [0.1, 0.15) is 23.1 Å². The van der Waals surface area contributed by atoms with Crippen LogP contribution in [0.3, 0.4) is 0 Å². The number of rotatable bonds is 3. The summed E-state index contributed by atoms with van der Waals surface area (Å²) in [6.45, 7) is 1.89. The average molecular weight is 256 g/mol. The molecule has 19 heavy (non-hydrogen) atoms. The van der Waals surface area contributed by atoms with Crippen LogP contribution in [0.15, 0.2) is 51.6 Å². The van der Waals surface area contributed by atoms with Crippen molar-refractivity contribution in [3.63, 3.8) is 0 Å². The maximum atomic E-state index is 10.1. The molecule has 0 aliphatic rings. The molecule has 1 unspecified atom stereocenters. The summed E-state index contributed by atoms with van der Waals surface area (Å²) in [5.74, 6) is 1.04. The van der Waals surface area contributed by atoms with Gasteiger partial charge in [0.2, 0.25) is 5.82 Å². The van der Waals surface area contributed by atoms with Gasteiger partial charge in [-0.3, -0.25) is 0 Å². The first kappa shape index (κ1) is 11.7. The molecule has 0 fully saturated rings. The van der Waals surface area contributed by atoms with E-state index in [1.54, 1.807) is 18.4 Å². The molecule has 0 saturated carbocycles. The first-order chi connectivity index (χ1) is 9.25. The van der Waals surface area contributed by atoms with E-state index in [0.717, 1.165) is 5.56 Å². The Morgan fingerprint density at radius 1 is 1.16 bits per heavy atom. The molecule has 5 heteroatoms. The molecule has 0 aliphatic heterocycles. The standard InChI is InChI=1S/C14H12N2O3/c1-9-7-8-18-12(9)13-15-14(19-16-13)11(17)10-5-3-2-4-6-10/h2-8,11,17H,1H3. The number of hydrogen-bond donors (Lipinski definition) is 1. The van der Waals surface area contributed by atoms with Crippen molar-refractivity contribution >= 4 is 0 Å². The third-order valence-electron chi connectivity index (χ3n) is 2.86. The molecular formula is C14H12N2O3. The number of nitrogens with zero attached hydrogens (tertiary/aromatic N) is 2. The van der Waals surface area contributed by atoms with Gasteiger partial charge in [-0.25, -0.2) is 0 Å². The number of aromatic nitrogens is 2. The molecule has 96 valence electrons. The Hall–Kier alpha value is -2.40. The van der Waals surface area contributed by atoms with Gasteiger partial charge in [0, 0.05) is 0 Å². The summed E-state index contributed by atoms with van der Waals surface area (Å²) in [5.41, 5.74) is 1.62. The van der Waals surface area contributed by atoms with Gasteiger partial charge in [-0.15, -0.1) is 0 Å². The average Bonchev–Trinajstić information content (AvgIpc) is 3.07. The van der Waals surface area contributed by atoms with Gasteiger partial charge >= 0.3 is 0 Å². The van der Waals surface area contributed by atoms with Gasteiger partial charge in [-0.05, 0) is 24.1 Å². The van der Waals surface area contributed by atoms with E-state index in [2.05, 4.69) is 10.1 Å². The maximum absolute atomic E-state index is 10.1. The molecule has 1 aromatic carbocycles. The van der Waals surface area contributed by atoms with Crippen LogP contribution in [0.25, 0.3) is 11.6 Å². The minimum atomic E-state index is -0.933. The molecule has 2 aromatic heterocycles. The van der Waals surface area contributed by atoms with E-state index in [-0.39, 0.29) is 5.89 Å². The zero-order chi connectivity index (χ0) is 13.2. The summed E-state index contributed by atoms with van der Waals surface area (Å²) in [6.07, 6.45) is 0.631. The van der Waals surface area contributed by atoms with Gasteiger partial charge in [0.05, 0.1) is 6.26 Å². The van der Waals surface area contributed by atoms with E-state index >= 15 is 0 Å². The van der Waals surface area contributed by atoms with Crippen LogP contribution in [0.5, 0.6) is 0 Å². The zero-order valence-electron chi connectivity index (χ0n) is 10.3. The van der Waals surface area contributed by atoms with Gasteiger partial charge in [0.1, 0.15) is 0 Å². The van der Waals surface area contributed by atoms with Crippen LogP contribution in [0.2, 0.25) is 0 Å². The molecular weight excluding hydrogens is 244 g/mol. The summed E-state index contributed by atoms with van der Waals surface area (Å²) >= 11 is 0. The Bertz CT molecular complexity index is 673. The van der Waals surface area contributed by atoms with E-state index in [0.29, 0.717) is 17.1 Å². The fourth-order valence-electron chi connectivity index (χ4n) is 1.82. The Morgan fingerprint density at radius 2 is 1.95 bits per heavy atom. The summed E-state index contributed by atoms with van der Waals surface area (Å²) in [7, 11) is 0. The molecule has 5 nitrogen and oxygen atoms in total. The second-order valence-corrected chi connectivity index (χ2v) is 4.20. The maximum Gasteiger partial charge on any atom is 0.260 e. The lowest BCUT2D eigenvalue weighted by molar-refractivity contribution is 0.170. The first-order valence-electron chi connectivity index (χ1n) is 5.87. The fourth-order valence-corrected chi connectivity index (χ4v) is 1.82. The van der Waals surface area contributed by atoms with Crippen molar-refractivity contribution in [2.45, 2.75) is 13.0 Å². The molecule has 0 amide bonds. The molecule has 0 aliphatic carbocycles. The molecule has 3 aromatic rings. The number of benzene rings is 1. The predicted molar refractivity (Wildman–Crippen MR) is 67.2 cm³/mol. The summed E-state index contributed by atoms with van der Waals surface area (Å²) < 4.78 is 10.4. The number of aliphatic hydroxyl groups excluding tert-OH is 1. The van der Waals surface area contributed by atoms with Crippen LogP contribution >= 0.6 is 0 Å². The van der Waals surface area contributed by atoms with Crippen LogP contribution in [0, 0.1) is 6.92 Å². The fraction of sp³-hybridized carbons (Fsp3) is 0.143. The molecule has 0 saturated heterocycles. The van der Waals surface area contributed by atoms with Crippen molar-refractivity contribution in [3.8, 4) is 11.6 Å². The third-order valence-corrected chi connectivity index (χ3v) is 2.86. The van der Waals surface area contributed by atoms with Gasteiger partial charge < -0.3 is 14.0 Å². The quantitative estimate of drug-likeness (QED) is 0.780. The van der Waals surface area contributed by atoms with Crippen molar-refractivity contribution in [2.24, 2.45) is 0 Å². The Labute approximate surface area is 109 Å². The van der Waals surface area contributed by atoms with Crippen LogP contribution < -0.4 is 0 Å². The monoisotopic (exact) mass is 256 g/mol. The van der Waals surface area contributed by atoms with Crippen molar-refractivity contribution in [3.05, 3.63) is 59.7 Å². The van der Waals surface area contributed by atoms with Crippen LogP contribution in [-0.2, 0) is 0 Å². The molecule has 1 N–H and O–H groups in total. The summed E-state index contributed by atoms with van der Waals surface area (Å²) in [5, 5.41) is 14.0. The van der Waals surface area contributed by atoms with Crippen LogP contribution in [0.4, 0.5) is 0 Å². The number of aliphatic hydroxyl groups is 1. The first-order valence-corrected chi connectivity index (χ1v) is 5.87. The third kappa shape index (κ3) is 2.15. The van der Waals surface area contributed by atoms with Crippen molar-refractivity contribution in [2.75, 3.05) is 0 Å². The normalized spacial score (nSPS) is 12.5. The summed E-state index contributed by atoms with van der Waals surface area (Å²) in [6, 6.07) is 11.0. The van der Waals surface area contributed by atoms with Gasteiger partial charge in [-0.2, -0.15) is 4.98 Å². The highest BCUT2D eigenvalue weighted by molar-refractivity contribution is 5.51. The van der Waals surface area contributed by atoms with Gasteiger partial charge in [0.15, 0.2) is 11.9 Å². The lowest BCUT2D eigenvalue weighted by Crippen LogP contribution is -1.99. The van der Waals surface area contributed by atoms with E-state index < -0.39 is 6.10 Å². The predicted octanol–water partition coefficient (Wildman–Crippen LogP) is 2.72. The van der Waals surface area contributed by atoms with Crippen molar-refractivity contribution in [1.29, 1.82) is 0 Å². The number of furan rings is 1. The Balaban J connectivity index is 1.92. The molecule has 3 rings (SSSR count). The molecule has 0 spiro atoms. The number of hydrogen-bond acceptors (Lipinski definition) is 5. The lowest BCUT2D eigenvalue weighted by Gasteiger charge is -2.04. The molecule has 0 radical (unpaired) electrons. The highest BCUT2D eigenvalue weighted by Gasteiger charge is 2.20. The second-order valence-electron chi connectivity index (χ2n) is 4.20. The number of aryl methyl sites for hydroxylation is 1. The van der Waals surface area contributed by atoms with E-state index in [1.165, 1.54) is 0 Å². The largest absolute Gasteiger partial charge is 0.461 e. The van der Waals surface area contributed by atoms with E-state index in [9.17, 15) is 5.11 Å². The van der Waals surface area contributed by atoms with E-state index in [1.807, 2.05) is 31.2 Å². The Kier molecular flexibility index (Phi) is 2.89. The van der Waals surface area contributed by atoms with Crippen molar-refractivity contribution < 1.29 is 14.0 Å². The molecule has 0 bridgehead atoms. The van der Waals surface area contributed by atoms with E-state index in [4.69, 9.17) is 8.94 Å². The summed E-state index contributed by atoms with van der Waals surface area (Å²) in [4.78, 5) is 4.17. The highest BCUT2D eigenvalue weighted by Crippen LogP contribution is 2.25. The van der Waals surface area contributed by atoms with Crippen molar-refractivity contribution in [1.82, 2.24) is 10.1 Å². The zero-order valence-corrected chi connectivity index (χ0v) is 10.3. The second kappa shape index (κ2) is 4.70. The highest BCUT2D eigenvalue weighted by atomic mass is 16.5. The minimum Gasteiger partial charge on any atom is -0.461 e. The Morgan fingerprint density at radius 3 is 2.63 bits per heavy atom. The van der Waals surface area contributed by atoms with Gasteiger partial charge in [0.25, 0.3) is 5.89 Å². The van der Waals surface area contributed by atoms with Crippen LogP contribution in [-0.4, -0.2) is 15.2 Å². The SMILES string of the molecule is Cc1ccoc1-c1noc(C(O)c2ccccc2)n1. The smallest absolute Gasteiger partial charge is 0.260 e. The topological polar surface area (TPSA) is 72.3 Å². The lowest BCUT2D eigenvalue weighted by atomic mass is 10.1. The molecule has 2 heterocycles. The minimum absolute atomic E-state index is 0.150. The van der Waals surface area contributed by atoms with Gasteiger partial charge in [-0.1, -0.05) is 35.5 Å². The molecule has 1 atom stereocenters.